The van der Waals surface area contributed by atoms with E-state index >= 15 is 0 Å². The zero-order valence-corrected chi connectivity index (χ0v) is 31.3. The van der Waals surface area contributed by atoms with Gasteiger partial charge in [0.2, 0.25) is 0 Å². The third-order valence-corrected chi connectivity index (χ3v) is 11.9. The van der Waals surface area contributed by atoms with Crippen LogP contribution >= 0.6 is 0 Å². The highest BCUT2D eigenvalue weighted by Crippen LogP contribution is 2.63. The van der Waals surface area contributed by atoms with Crippen LogP contribution in [-0.4, -0.2) is 24.3 Å². The van der Waals surface area contributed by atoms with Crippen LogP contribution in [-0.2, 0) is 5.41 Å². The number of fused-ring (bicyclic) bond motifs is 11. The van der Waals surface area contributed by atoms with Crippen molar-refractivity contribution in [2.24, 2.45) is 0 Å². The van der Waals surface area contributed by atoms with Crippen LogP contribution in [0.5, 0.6) is 0 Å². The summed E-state index contributed by atoms with van der Waals surface area (Å²) in [4.78, 5) is 20.2. The van der Waals surface area contributed by atoms with E-state index in [2.05, 4.69) is 144 Å². The maximum atomic E-state index is 5.15. The Bertz CT molecular complexity index is 3100. The van der Waals surface area contributed by atoms with E-state index in [-0.39, 0.29) is 0 Å². The first-order valence-electron chi connectivity index (χ1n) is 19.6. The highest BCUT2D eigenvalue weighted by Gasteiger charge is 2.51. The normalized spacial score (nSPS) is 13.0. The molecule has 0 saturated carbocycles. The van der Waals surface area contributed by atoms with E-state index in [0.717, 1.165) is 44.7 Å². The van der Waals surface area contributed by atoms with Crippen molar-refractivity contribution in [2.45, 2.75) is 5.41 Å². The first-order valence-corrected chi connectivity index (χ1v) is 19.6. The molecule has 0 saturated heterocycles. The molecule has 10 aromatic rings. The van der Waals surface area contributed by atoms with Crippen LogP contribution in [0, 0.1) is 0 Å². The van der Waals surface area contributed by atoms with Crippen LogP contribution in [0.25, 0.3) is 84.4 Å². The fraction of sp³-hybridized carbons (Fsp3) is 0.0189. The Balaban J connectivity index is 1.07. The molecule has 5 nitrogen and oxygen atoms in total. The largest absolute Gasteiger partial charge is 0.306 e. The van der Waals surface area contributed by atoms with E-state index < -0.39 is 5.41 Å². The number of aromatic nitrogens is 5. The third kappa shape index (κ3) is 4.83. The molecule has 0 unspecified atom stereocenters. The molecular formula is C53H33N5. The average molecular weight is 740 g/mol. The lowest BCUT2D eigenvalue weighted by molar-refractivity contribution is 0.794. The molecule has 2 aliphatic carbocycles. The zero-order valence-electron chi connectivity index (χ0n) is 31.3. The standard InChI is InChI=1S/C53H33N5/c1-3-14-34(15-4-1)50-55-51(35-16-5-2-6-17-35)57-52(56-50)39-26-28-43-42-27-25-37(36-18-13-19-38(30-36)48-33-58-29-12-11-24-49(58)54-48)31-46(42)53(47(43)32-39)44-22-9-7-20-40(44)41-21-8-10-23-45(41)53/h1-33H. The third-order valence-electron chi connectivity index (χ3n) is 11.9. The number of imidazole rings is 1. The number of rotatable bonds is 5. The van der Waals surface area contributed by atoms with E-state index in [9.17, 15) is 0 Å². The van der Waals surface area contributed by atoms with E-state index in [4.69, 9.17) is 19.9 Å². The quantitative estimate of drug-likeness (QED) is 0.176. The Morgan fingerprint density at radius 1 is 0.328 bits per heavy atom. The molecule has 0 N–H and O–H groups in total. The topological polar surface area (TPSA) is 56.0 Å². The van der Waals surface area contributed by atoms with Crippen LogP contribution in [0.15, 0.2) is 200 Å². The van der Waals surface area contributed by atoms with Crippen LogP contribution in [0.3, 0.4) is 0 Å². The van der Waals surface area contributed by atoms with Crippen molar-refractivity contribution in [3.8, 4) is 78.8 Å². The fourth-order valence-electron chi connectivity index (χ4n) is 9.33. The van der Waals surface area contributed by atoms with Gasteiger partial charge in [0.1, 0.15) is 5.65 Å². The molecule has 3 aromatic heterocycles. The van der Waals surface area contributed by atoms with Crippen LogP contribution in [0.4, 0.5) is 0 Å². The summed E-state index contributed by atoms with van der Waals surface area (Å²) >= 11 is 0. The molecule has 2 aliphatic rings. The Kier molecular flexibility index (Phi) is 7.07. The number of hydrogen-bond donors (Lipinski definition) is 0. The summed E-state index contributed by atoms with van der Waals surface area (Å²) in [5.41, 5.74) is 17.6. The SMILES string of the molecule is c1ccc(-c2nc(-c3ccccc3)nc(-c3ccc4c(c3)C3(c5ccccc5-c5ccccc53)c3cc(-c5cccc(-c6cn7ccccc7n6)c5)ccc3-4)n2)cc1. The van der Waals surface area contributed by atoms with Crippen molar-refractivity contribution >= 4 is 5.65 Å². The minimum Gasteiger partial charge on any atom is -0.306 e. The van der Waals surface area contributed by atoms with Gasteiger partial charge in [0.05, 0.1) is 11.1 Å². The Hall–Kier alpha value is -7.76. The second-order valence-electron chi connectivity index (χ2n) is 15.1. The lowest BCUT2D eigenvalue weighted by Crippen LogP contribution is -2.26. The van der Waals surface area contributed by atoms with Crippen molar-refractivity contribution in [1.29, 1.82) is 0 Å². The van der Waals surface area contributed by atoms with E-state index in [1.165, 1.54) is 44.5 Å². The predicted octanol–water partition coefficient (Wildman–Crippen LogP) is 12.2. The van der Waals surface area contributed by atoms with Crippen LogP contribution in [0.1, 0.15) is 22.3 Å². The summed E-state index contributed by atoms with van der Waals surface area (Å²) in [6.07, 6.45) is 4.14. The summed E-state index contributed by atoms with van der Waals surface area (Å²) in [6, 6.07) is 66.9. The minimum atomic E-state index is -0.555. The second kappa shape index (κ2) is 12.6. The Morgan fingerprint density at radius 2 is 0.810 bits per heavy atom. The molecular weight excluding hydrogens is 707 g/mol. The van der Waals surface area contributed by atoms with Gasteiger partial charge in [0, 0.05) is 34.6 Å². The van der Waals surface area contributed by atoms with E-state index in [1.54, 1.807) is 0 Å². The lowest BCUT2D eigenvalue weighted by Gasteiger charge is -2.31. The highest BCUT2D eigenvalue weighted by atomic mass is 15.0. The second-order valence-corrected chi connectivity index (χ2v) is 15.1. The summed E-state index contributed by atoms with van der Waals surface area (Å²) in [6.45, 7) is 0. The maximum absolute atomic E-state index is 5.15. The van der Waals surface area contributed by atoms with Crippen LogP contribution < -0.4 is 0 Å². The van der Waals surface area contributed by atoms with Gasteiger partial charge in [-0.25, -0.2) is 19.9 Å². The zero-order chi connectivity index (χ0) is 38.2. The molecule has 0 bridgehead atoms. The van der Waals surface area contributed by atoms with Crippen molar-refractivity contribution in [2.75, 3.05) is 0 Å². The summed E-state index contributed by atoms with van der Waals surface area (Å²) < 4.78 is 2.07. The van der Waals surface area contributed by atoms with E-state index in [1.807, 2.05) is 60.8 Å². The first-order chi connectivity index (χ1) is 28.7. The van der Waals surface area contributed by atoms with Gasteiger partial charge in [-0.3, -0.25) is 0 Å². The summed E-state index contributed by atoms with van der Waals surface area (Å²) in [5.74, 6) is 1.94. The molecule has 58 heavy (non-hydrogen) atoms. The molecule has 0 atom stereocenters. The number of pyridine rings is 1. The van der Waals surface area contributed by atoms with Gasteiger partial charge in [0.15, 0.2) is 17.5 Å². The Labute approximate surface area is 335 Å². The number of nitrogens with zero attached hydrogens (tertiary/aromatic N) is 5. The Morgan fingerprint density at radius 3 is 1.45 bits per heavy atom. The summed E-state index contributed by atoms with van der Waals surface area (Å²) in [5, 5.41) is 0. The van der Waals surface area contributed by atoms with Crippen molar-refractivity contribution in [3.05, 3.63) is 223 Å². The van der Waals surface area contributed by atoms with Gasteiger partial charge in [0.25, 0.3) is 0 Å². The molecule has 3 heterocycles. The molecule has 0 radical (unpaired) electrons. The fourth-order valence-corrected chi connectivity index (χ4v) is 9.33. The molecule has 270 valence electrons. The summed E-state index contributed by atoms with van der Waals surface area (Å²) in [7, 11) is 0. The number of hydrogen-bond acceptors (Lipinski definition) is 4. The lowest BCUT2D eigenvalue weighted by atomic mass is 9.70. The molecule has 7 aromatic carbocycles. The van der Waals surface area contributed by atoms with Crippen molar-refractivity contribution in [3.63, 3.8) is 0 Å². The maximum Gasteiger partial charge on any atom is 0.164 e. The molecule has 0 fully saturated rings. The first kappa shape index (κ1) is 32.5. The predicted molar refractivity (Wildman–Crippen MR) is 232 cm³/mol. The number of benzene rings is 7. The van der Waals surface area contributed by atoms with Gasteiger partial charge in [-0.1, -0.05) is 158 Å². The highest BCUT2D eigenvalue weighted by molar-refractivity contribution is 5.97. The van der Waals surface area contributed by atoms with Gasteiger partial charge < -0.3 is 4.40 Å². The van der Waals surface area contributed by atoms with Crippen LogP contribution in [0.2, 0.25) is 0 Å². The van der Waals surface area contributed by atoms with Crippen molar-refractivity contribution < 1.29 is 0 Å². The van der Waals surface area contributed by atoms with Gasteiger partial charge in [-0.15, -0.1) is 0 Å². The van der Waals surface area contributed by atoms with Gasteiger partial charge in [-0.2, -0.15) is 0 Å². The molecule has 12 rings (SSSR count). The molecule has 0 aliphatic heterocycles. The molecule has 0 amide bonds. The van der Waals surface area contributed by atoms with Crippen molar-refractivity contribution in [1.82, 2.24) is 24.3 Å². The average Bonchev–Trinajstić information content (AvgIpc) is 3.96. The van der Waals surface area contributed by atoms with Gasteiger partial charge in [-0.05, 0) is 86.0 Å². The molecule has 5 heteroatoms. The van der Waals surface area contributed by atoms with Gasteiger partial charge >= 0.3 is 0 Å². The molecule has 1 spiro atoms. The monoisotopic (exact) mass is 739 g/mol. The smallest absolute Gasteiger partial charge is 0.164 e. The minimum absolute atomic E-state index is 0.555. The van der Waals surface area contributed by atoms with E-state index in [0.29, 0.717) is 17.5 Å².